The summed E-state index contributed by atoms with van der Waals surface area (Å²) in [5.41, 5.74) is -0.0335. The van der Waals surface area contributed by atoms with E-state index in [0.29, 0.717) is 63.4 Å². The van der Waals surface area contributed by atoms with Gasteiger partial charge in [-0.25, -0.2) is 28.8 Å². The number of hydrogen-bond acceptors (Lipinski definition) is 32. The zero-order valence-electron chi connectivity index (χ0n) is 81.8. The average Bonchev–Trinajstić information content (AvgIpc) is 0.856. The van der Waals surface area contributed by atoms with Crippen LogP contribution in [0.5, 0.6) is 0 Å². The number of carbonyl (C=O) groups is 17. The van der Waals surface area contributed by atoms with E-state index in [1.54, 1.807) is 0 Å². The number of thiol groups is 1. The molecular formula is C87H123N29O29S2. The van der Waals surface area contributed by atoms with Gasteiger partial charge < -0.3 is 88.7 Å². The third-order valence-corrected chi connectivity index (χ3v) is 23.2. The number of carbonyl (C=O) groups excluding carboxylic acids is 17. The van der Waals surface area contributed by atoms with Crippen LogP contribution in [0.15, 0.2) is 94.7 Å². The minimum Gasteiger partial charge on any atom is -0.370 e. The van der Waals surface area contributed by atoms with Crippen LogP contribution < -0.4 is 127 Å². The number of aromatic nitrogens is 12. The molecule has 0 unspecified atom stereocenters. The third kappa shape index (κ3) is 42.4. The number of nitrogens with zero attached hydrogens (tertiary/aromatic N) is 12. The second-order valence-corrected chi connectivity index (χ2v) is 35.3. The molecule has 16 amide bonds. The van der Waals surface area contributed by atoms with Crippen molar-refractivity contribution in [3.05, 3.63) is 196 Å². The summed E-state index contributed by atoms with van der Waals surface area (Å²) < 4.78 is 4.96. The van der Waals surface area contributed by atoms with Gasteiger partial charge in [0.05, 0.1) is 45.3 Å². The van der Waals surface area contributed by atoms with Crippen LogP contribution in [-0.4, -0.2) is 341 Å². The van der Waals surface area contributed by atoms with Crippen molar-refractivity contribution in [2.24, 2.45) is 11.5 Å². The molecule has 1 atom stereocenters. The summed E-state index contributed by atoms with van der Waals surface area (Å²) in [6.45, 7) is -6.88. The molecule has 147 heavy (non-hydrogen) atoms. The van der Waals surface area contributed by atoms with E-state index >= 15 is 0 Å². The highest BCUT2D eigenvalue weighted by Crippen LogP contribution is 2.10. The lowest BCUT2D eigenvalue weighted by Gasteiger charge is -2.26. The quantitative estimate of drug-likeness (QED) is 0.0125. The molecule has 6 aromatic rings. The topological polar surface area (TPSA) is 799 Å². The highest BCUT2D eigenvalue weighted by Gasteiger charge is 2.29. The summed E-state index contributed by atoms with van der Waals surface area (Å²) in [6, 6.07) is -0.713. The first kappa shape index (κ1) is 120. The number of nitrogens with one attached hydrogen (secondary N) is 15. The Morgan fingerprint density at radius 2 is 0.510 bits per heavy atom. The van der Waals surface area contributed by atoms with Gasteiger partial charge in [0.2, 0.25) is 99.6 Å². The molecule has 58 nitrogen and oxygen atoms in total. The predicted octanol–water partition coefficient (Wildman–Crippen LogP) is -12.9. The van der Waals surface area contributed by atoms with Crippen LogP contribution in [0.1, 0.15) is 97.6 Å². The van der Waals surface area contributed by atoms with Crippen molar-refractivity contribution < 1.29 is 81.5 Å². The van der Waals surface area contributed by atoms with E-state index in [9.17, 15) is 139 Å². The second-order valence-electron chi connectivity index (χ2n) is 33.8. The van der Waals surface area contributed by atoms with Gasteiger partial charge in [-0.15, -0.1) is 0 Å². The van der Waals surface area contributed by atoms with Gasteiger partial charge >= 0.3 is 34.1 Å². The van der Waals surface area contributed by atoms with Crippen LogP contribution in [0, 0.1) is 41.5 Å². The van der Waals surface area contributed by atoms with Gasteiger partial charge in [-0.3, -0.25) is 168 Å². The summed E-state index contributed by atoms with van der Waals surface area (Å²) in [5.74, 6) is -12.5. The monoisotopic (exact) mass is 2100 g/mol. The average molecular weight is 2100 g/mol. The molecule has 6 aromatic heterocycles. The molecule has 0 bridgehead atoms. The van der Waals surface area contributed by atoms with E-state index in [1.165, 1.54) is 41.5 Å². The van der Waals surface area contributed by atoms with Gasteiger partial charge in [-0.1, -0.05) is 24.6 Å². The number of thioether (sulfide) groups is 1. The fourth-order valence-electron chi connectivity index (χ4n) is 13.6. The molecule has 0 aliphatic heterocycles. The van der Waals surface area contributed by atoms with Crippen molar-refractivity contribution in [2.45, 2.75) is 151 Å². The summed E-state index contributed by atoms with van der Waals surface area (Å²) in [6.07, 6.45) is 9.80. The third-order valence-electron chi connectivity index (χ3n) is 21.9. The Morgan fingerprint density at radius 1 is 0.293 bits per heavy atom. The van der Waals surface area contributed by atoms with Crippen molar-refractivity contribution in [1.82, 2.24) is 135 Å². The van der Waals surface area contributed by atoms with E-state index in [4.69, 9.17) is 11.5 Å². The molecule has 0 aliphatic rings. The Hall–Kier alpha value is -16.1. The van der Waals surface area contributed by atoms with Crippen molar-refractivity contribution in [1.29, 1.82) is 0 Å². The maximum absolute atomic E-state index is 14.3. The van der Waals surface area contributed by atoms with Gasteiger partial charge in [-0.2, -0.15) is 12.6 Å². The van der Waals surface area contributed by atoms with Gasteiger partial charge in [0.15, 0.2) is 0 Å². The molecule has 0 spiro atoms. The Kier molecular flexibility index (Phi) is 49.2. The standard InChI is InChI=1S/C87H123N29O29S2/c1-52-33-111(82(140)99-75(52)133)44-68(126)105(26-20-92-61(119)14-9-7-11-17-90-60(118)13-10-8-12-18-98-81(139)58(88)51-146)39-63(121)93-21-27-106(69(127)45-112-34-53(2)76(134)100-83(112)141)40-64(122)94-22-28-107(70(128)46-113-35-54(3)77(135)101-84(113)142)41-65(123)95-23-29-108(71(129)47-114-36-55(4)78(136)102-85(114)143)42-66(124)96-24-30-109(72(130)48-115-37-56(5)79(137)103-86(115)144)43-67(125)97-25-31-110(73(131)49-116-38-57(6)80(138)104-87(116)145)50-74(132)147-32-16-62(120)91-19-15-59(89)117/h33-38,58,146H,7-32,39-51,88H2,1-6H3,(H2,89,117)(H,90,118)(H,91,120)(H,92,119)(H,93,121)(H,94,122)(H,95,123)(H,96,124)(H,97,125)(H,98,139)(H,99,133,140)(H,100,134,141)(H,101,135,142)(H,102,136,143)(H,103,137,144)(H,104,138,145)/t58-/m0/s1. The van der Waals surface area contributed by atoms with Crippen LogP contribution in [0.2, 0.25) is 0 Å². The second kappa shape index (κ2) is 60.5. The van der Waals surface area contributed by atoms with E-state index in [-0.39, 0.29) is 102 Å². The highest BCUT2D eigenvalue weighted by molar-refractivity contribution is 8.13. The minimum atomic E-state index is -1.07. The van der Waals surface area contributed by atoms with Gasteiger partial charge in [0, 0.05) is 206 Å². The summed E-state index contributed by atoms with van der Waals surface area (Å²) >= 11 is 4.65. The van der Waals surface area contributed by atoms with E-state index in [0.717, 1.165) is 94.0 Å². The maximum Gasteiger partial charge on any atom is 0.328 e. The zero-order valence-corrected chi connectivity index (χ0v) is 83.5. The van der Waals surface area contributed by atoms with Crippen molar-refractivity contribution in [3.8, 4) is 0 Å². The Labute approximate surface area is 843 Å². The lowest BCUT2D eigenvalue weighted by Crippen LogP contribution is -2.50. The van der Waals surface area contributed by atoms with Crippen LogP contribution in [-0.2, 0) is 121 Å². The number of rotatable bonds is 62. The molecule has 0 aromatic carbocycles. The fourth-order valence-corrected chi connectivity index (χ4v) is 14.6. The molecule has 802 valence electrons. The summed E-state index contributed by atoms with van der Waals surface area (Å²) in [5, 5.41) is 22.5. The number of primary amides is 1. The number of nitrogens with two attached hydrogens (primary N) is 2. The van der Waals surface area contributed by atoms with Gasteiger partial charge in [0.25, 0.3) is 33.4 Å². The molecule has 0 saturated carbocycles. The zero-order chi connectivity index (χ0) is 109. The molecule has 0 radical (unpaired) electrons. The molecule has 0 saturated heterocycles. The predicted molar refractivity (Wildman–Crippen MR) is 528 cm³/mol. The molecule has 19 N–H and O–H groups in total. The first-order chi connectivity index (χ1) is 69.6. The van der Waals surface area contributed by atoms with E-state index in [1.807, 2.05) is 15.0 Å². The molecule has 6 heterocycles. The first-order valence-corrected chi connectivity index (χ1v) is 47.9. The molecule has 60 heteroatoms. The highest BCUT2D eigenvalue weighted by atomic mass is 32.2. The Balaban J connectivity index is 1.14. The number of H-pyrrole nitrogens is 6. The van der Waals surface area contributed by atoms with E-state index in [2.05, 4.69) is 75.4 Å². The summed E-state index contributed by atoms with van der Waals surface area (Å²) in [7, 11) is 0. The minimum absolute atomic E-state index is 0.00685. The van der Waals surface area contributed by atoms with Crippen molar-refractivity contribution in [2.75, 3.05) is 149 Å². The lowest BCUT2D eigenvalue weighted by molar-refractivity contribution is -0.138. The normalized spacial score (nSPS) is 11.1. The number of amides is 16. The first-order valence-electron chi connectivity index (χ1n) is 46.3. The molecular weight excluding hydrogens is 1980 g/mol. The van der Waals surface area contributed by atoms with Crippen LogP contribution >= 0.6 is 24.4 Å². The van der Waals surface area contributed by atoms with Gasteiger partial charge in [-0.05, 0) is 67.2 Å². The van der Waals surface area contributed by atoms with Crippen LogP contribution in [0.4, 0.5) is 0 Å². The molecule has 0 aliphatic carbocycles. The number of aromatic amines is 6. The number of aryl methyl sites for hydroxylation is 6. The Bertz CT molecular complexity index is 6490. The van der Waals surface area contributed by atoms with Gasteiger partial charge in [0.1, 0.15) is 39.3 Å². The lowest BCUT2D eigenvalue weighted by atomic mass is 10.1. The van der Waals surface area contributed by atoms with Crippen molar-refractivity contribution in [3.63, 3.8) is 0 Å². The molecule has 0 fully saturated rings. The maximum atomic E-state index is 14.3. The smallest absolute Gasteiger partial charge is 0.328 e. The summed E-state index contributed by atoms with van der Waals surface area (Å²) in [4.78, 5) is 398. The largest absolute Gasteiger partial charge is 0.370 e. The van der Waals surface area contributed by atoms with Crippen LogP contribution in [0.3, 0.4) is 0 Å². The fraction of sp³-hybridized carbons (Fsp3) is 0.529. The number of unbranched alkanes of at least 4 members (excludes halogenated alkanes) is 4. The molecule has 6 rings (SSSR count). The SMILES string of the molecule is Cc1cn(CC(=O)N(CCNC(=O)CCCCCNC(=O)CCCCCNC(=O)[C@@H](N)CS)CC(=O)NCCN(CC(=O)NCCN(CC(=O)NCCN(CC(=O)NCCN(CC(=O)NCCN(CC(=O)SCCC(=O)NCCC(N)=O)C(=O)Cn2cc(C)c(=O)[nH]c2=O)C(=O)Cn2cc(C)c(=O)[nH]c2=O)C(=O)Cn2cc(C)c(=O)[nH]c2=O)C(=O)Cn2cc(C)c(=O)[nH]c2=O)C(=O)Cn2cc(C)c(=O)[nH]c2=O)c(=O)[nH]c1=O. The van der Waals surface area contributed by atoms with Crippen LogP contribution in [0.25, 0.3) is 0 Å². The van der Waals surface area contributed by atoms with Crippen molar-refractivity contribution >= 4 is 124 Å². The Morgan fingerprint density at radius 3 is 0.755 bits per heavy atom. The van der Waals surface area contributed by atoms with E-state index < -0.39 is 305 Å². The number of hydrogen-bond donors (Lipinski definition) is 18.